The number of aryl methyl sites for hydroxylation is 1. The van der Waals surface area contributed by atoms with E-state index in [1.54, 1.807) is 34.9 Å². The molecule has 1 amide bonds. The molecule has 1 atom stereocenters. The highest BCUT2D eigenvalue weighted by molar-refractivity contribution is 5.99. The standard InChI is InChI=1S/C22H18N4O4/c1-13(20(27)25-17-6-3-2-5-15(17)12-23)30-22(29)14-8-9-16-18(11-14)24-19-7-4-10-26(19)21(16)28/h2-3,5-6,8-9,11,13H,4,7,10H2,1H3,(H,25,27)/t13-/m1/s1. The van der Waals surface area contributed by atoms with Crippen LogP contribution in [0.25, 0.3) is 10.9 Å². The Labute approximate surface area is 171 Å². The van der Waals surface area contributed by atoms with Gasteiger partial charge in [0, 0.05) is 13.0 Å². The maximum absolute atomic E-state index is 12.5. The van der Waals surface area contributed by atoms with E-state index in [1.165, 1.54) is 19.1 Å². The maximum Gasteiger partial charge on any atom is 0.338 e. The molecule has 8 heteroatoms. The fourth-order valence-electron chi connectivity index (χ4n) is 3.42. The van der Waals surface area contributed by atoms with Gasteiger partial charge in [0.2, 0.25) is 0 Å². The molecule has 30 heavy (non-hydrogen) atoms. The minimum atomic E-state index is -1.08. The molecule has 1 aliphatic heterocycles. The first-order valence-corrected chi connectivity index (χ1v) is 9.52. The van der Waals surface area contributed by atoms with Crippen molar-refractivity contribution in [3.05, 3.63) is 69.8 Å². The van der Waals surface area contributed by atoms with E-state index in [0.29, 0.717) is 34.5 Å². The van der Waals surface area contributed by atoms with E-state index in [-0.39, 0.29) is 11.1 Å². The summed E-state index contributed by atoms with van der Waals surface area (Å²) in [6.07, 6.45) is 0.509. The molecule has 3 aromatic rings. The van der Waals surface area contributed by atoms with Gasteiger partial charge in [-0.05, 0) is 43.7 Å². The van der Waals surface area contributed by atoms with Gasteiger partial charge in [-0.1, -0.05) is 12.1 Å². The number of benzene rings is 2. The van der Waals surface area contributed by atoms with Gasteiger partial charge in [-0.25, -0.2) is 9.78 Å². The monoisotopic (exact) mass is 402 g/mol. The molecule has 0 fully saturated rings. The van der Waals surface area contributed by atoms with E-state index in [2.05, 4.69) is 10.3 Å². The van der Waals surface area contributed by atoms with Crippen LogP contribution in [0.5, 0.6) is 0 Å². The van der Waals surface area contributed by atoms with Crippen LogP contribution >= 0.6 is 0 Å². The number of amides is 1. The zero-order chi connectivity index (χ0) is 21.3. The molecular formula is C22H18N4O4. The van der Waals surface area contributed by atoms with Crippen molar-refractivity contribution >= 4 is 28.5 Å². The molecule has 0 spiro atoms. The number of nitriles is 1. The zero-order valence-electron chi connectivity index (χ0n) is 16.2. The second kappa shape index (κ2) is 7.79. The summed E-state index contributed by atoms with van der Waals surface area (Å²) in [5.41, 5.74) is 1.18. The number of para-hydroxylation sites is 1. The quantitative estimate of drug-likeness (QED) is 0.670. The van der Waals surface area contributed by atoms with Crippen LogP contribution in [0.3, 0.4) is 0 Å². The van der Waals surface area contributed by atoms with E-state index >= 15 is 0 Å². The lowest BCUT2D eigenvalue weighted by atomic mass is 10.1. The Bertz CT molecular complexity index is 1270. The summed E-state index contributed by atoms with van der Waals surface area (Å²) in [5, 5.41) is 12.1. The summed E-state index contributed by atoms with van der Waals surface area (Å²) in [6.45, 7) is 2.10. The smallest absolute Gasteiger partial charge is 0.338 e. The molecule has 0 saturated carbocycles. The summed E-state index contributed by atoms with van der Waals surface area (Å²) in [4.78, 5) is 41.9. The third-order valence-electron chi connectivity index (χ3n) is 5.01. The molecule has 2 heterocycles. The topological polar surface area (TPSA) is 114 Å². The second-order valence-electron chi connectivity index (χ2n) is 7.01. The number of rotatable bonds is 4. The summed E-state index contributed by atoms with van der Waals surface area (Å²) in [7, 11) is 0. The molecule has 0 saturated heterocycles. The fourth-order valence-corrected chi connectivity index (χ4v) is 3.42. The van der Waals surface area contributed by atoms with Crippen LogP contribution in [-0.4, -0.2) is 27.5 Å². The molecule has 4 rings (SSSR count). The van der Waals surface area contributed by atoms with Crippen molar-refractivity contribution in [2.24, 2.45) is 0 Å². The van der Waals surface area contributed by atoms with Crippen LogP contribution in [0.2, 0.25) is 0 Å². The lowest BCUT2D eigenvalue weighted by molar-refractivity contribution is -0.123. The van der Waals surface area contributed by atoms with E-state index in [4.69, 9.17) is 10.00 Å². The molecule has 2 aromatic carbocycles. The average Bonchev–Trinajstić information content (AvgIpc) is 3.22. The average molecular weight is 402 g/mol. The number of nitrogens with one attached hydrogen (secondary N) is 1. The predicted molar refractivity (Wildman–Crippen MR) is 109 cm³/mol. The van der Waals surface area contributed by atoms with E-state index in [1.807, 2.05) is 6.07 Å². The van der Waals surface area contributed by atoms with E-state index in [0.717, 1.165) is 12.8 Å². The molecule has 0 unspecified atom stereocenters. The molecule has 150 valence electrons. The number of fused-ring (bicyclic) bond motifs is 2. The number of carbonyl (C=O) groups is 2. The number of aromatic nitrogens is 2. The Morgan fingerprint density at radius 2 is 2.07 bits per heavy atom. The van der Waals surface area contributed by atoms with Gasteiger partial charge in [0.1, 0.15) is 11.9 Å². The van der Waals surface area contributed by atoms with Crippen LogP contribution in [0.15, 0.2) is 47.3 Å². The Hall–Kier alpha value is -3.99. The van der Waals surface area contributed by atoms with Gasteiger partial charge in [-0.2, -0.15) is 5.26 Å². The molecule has 1 aliphatic rings. The molecule has 0 radical (unpaired) electrons. The zero-order valence-corrected chi connectivity index (χ0v) is 16.2. The SMILES string of the molecule is C[C@@H](OC(=O)c1ccc2c(=O)n3c(nc2c1)CCC3)C(=O)Nc1ccccc1C#N. The molecule has 0 bridgehead atoms. The van der Waals surface area contributed by atoms with Gasteiger partial charge in [-0.15, -0.1) is 0 Å². The maximum atomic E-state index is 12.5. The first-order chi connectivity index (χ1) is 14.5. The van der Waals surface area contributed by atoms with Crippen molar-refractivity contribution in [2.45, 2.75) is 32.4 Å². The number of ether oxygens (including phenoxy) is 1. The van der Waals surface area contributed by atoms with Gasteiger partial charge >= 0.3 is 5.97 Å². The fraction of sp³-hybridized carbons (Fsp3) is 0.227. The number of anilines is 1. The lowest BCUT2D eigenvalue weighted by Gasteiger charge is -2.14. The van der Waals surface area contributed by atoms with Crippen molar-refractivity contribution in [3.8, 4) is 6.07 Å². The minimum Gasteiger partial charge on any atom is -0.449 e. The molecule has 1 N–H and O–H groups in total. The largest absolute Gasteiger partial charge is 0.449 e. The van der Waals surface area contributed by atoms with Crippen LogP contribution in [0.4, 0.5) is 5.69 Å². The van der Waals surface area contributed by atoms with Gasteiger partial charge in [-0.3, -0.25) is 14.2 Å². The molecule has 0 aliphatic carbocycles. The number of hydrogen-bond donors (Lipinski definition) is 1. The number of hydrogen-bond acceptors (Lipinski definition) is 6. The third kappa shape index (κ3) is 3.53. The number of nitrogens with zero attached hydrogens (tertiary/aromatic N) is 3. The highest BCUT2D eigenvalue weighted by Gasteiger charge is 2.21. The molecular weight excluding hydrogens is 384 g/mol. The summed E-state index contributed by atoms with van der Waals surface area (Å²) in [6, 6.07) is 13.1. The second-order valence-corrected chi connectivity index (χ2v) is 7.01. The predicted octanol–water partition coefficient (Wildman–Crippen LogP) is 2.40. The van der Waals surface area contributed by atoms with Crippen LogP contribution in [0.1, 0.15) is 35.1 Å². The summed E-state index contributed by atoms with van der Waals surface area (Å²) < 4.78 is 6.93. The molecule has 1 aromatic heterocycles. The number of esters is 1. The molecule has 8 nitrogen and oxygen atoms in total. The summed E-state index contributed by atoms with van der Waals surface area (Å²) >= 11 is 0. The Kier molecular flexibility index (Phi) is 5.02. The number of carbonyl (C=O) groups excluding carboxylic acids is 2. The third-order valence-corrected chi connectivity index (χ3v) is 5.01. The van der Waals surface area contributed by atoms with Gasteiger partial charge in [0.15, 0.2) is 6.10 Å². The van der Waals surface area contributed by atoms with Gasteiger partial charge in [0.25, 0.3) is 11.5 Å². The van der Waals surface area contributed by atoms with Crippen LogP contribution < -0.4 is 10.9 Å². The highest BCUT2D eigenvalue weighted by Crippen LogP contribution is 2.18. The Balaban J connectivity index is 1.51. The van der Waals surface area contributed by atoms with Crippen LogP contribution in [-0.2, 0) is 22.5 Å². The lowest BCUT2D eigenvalue weighted by Crippen LogP contribution is -2.30. The van der Waals surface area contributed by atoms with E-state index < -0.39 is 18.0 Å². The summed E-state index contributed by atoms with van der Waals surface area (Å²) in [5.74, 6) is -0.543. The van der Waals surface area contributed by atoms with Crippen molar-refractivity contribution < 1.29 is 14.3 Å². The first kappa shape index (κ1) is 19.3. The first-order valence-electron chi connectivity index (χ1n) is 9.52. The van der Waals surface area contributed by atoms with Crippen molar-refractivity contribution in [1.82, 2.24) is 9.55 Å². The van der Waals surface area contributed by atoms with Crippen molar-refractivity contribution in [1.29, 1.82) is 5.26 Å². The Morgan fingerprint density at radius 1 is 1.27 bits per heavy atom. The van der Waals surface area contributed by atoms with Crippen LogP contribution in [0, 0.1) is 11.3 Å². The Morgan fingerprint density at radius 3 is 2.87 bits per heavy atom. The van der Waals surface area contributed by atoms with Crippen molar-refractivity contribution in [3.63, 3.8) is 0 Å². The van der Waals surface area contributed by atoms with Gasteiger partial charge < -0.3 is 10.1 Å². The highest BCUT2D eigenvalue weighted by atomic mass is 16.5. The minimum absolute atomic E-state index is 0.115. The van der Waals surface area contributed by atoms with E-state index in [9.17, 15) is 14.4 Å². The van der Waals surface area contributed by atoms with Gasteiger partial charge in [0.05, 0.1) is 27.7 Å². The normalized spacial score (nSPS) is 13.3. The van der Waals surface area contributed by atoms with Crippen molar-refractivity contribution in [2.75, 3.05) is 5.32 Å².